The number of benzene rings is 3. The van der Waals surface area contributed by atoms with Crippen LogP contribution in [0.4, 0.5) is 0 Å². The fourth-order valence-electron chi connectivity index (χ4n) is 5.04. The van der Waals surface area contributed by atoms with Gasteiger partial charge in [0.25, 0.3) is 0 Å². The highest BCUT2D eigenvalue weighted by Crippen LogP contribution is 2.23. The van der Waals surface area contributed by atoms with Crippen molar-refractivity contribution in [2.45, 2.75) is 62.4 Å². The summed E-state index contributed by atoms with van der Waals surface area (Å²) in [7, 11) is -7.52. The number of hydrogen-bond donors (Lipinski definition) is 2. The Morgan fingerprint density at radius 2 is 1.44 bits per heavy atom. The van der Waals surface area contributed by atoms with Gasteiger partial charge in [0.2, 0.25) is 26.0 Å². The first-order valence-corrected chi connectivity index (χ1v) is 15.9. The molecule has 1 aliphatic heterocycles. The van der Waals surface area contributed by atoms with Crippen molar-refractivity contribution in [1.82, 2.24) is 14.3 Å². The second kappa shape index (κ2) is 12.0. The molecule has 1 heterocycles. The van der Waals surface area contributed by atoms with Crippen LogP contribution < -0.4 is 10.0 Å². The molecule has 8 nitrogen and oxygen atoms in total. The average Bonchev–Trinajstić information content (AvgIpc) is 3.43. The summed E-state index contributed by atoms with van der Waals surface area (Å²) in [5.74, 6) is -0.474. The summed E-state index contributed by atoms with van der Waals surface area (Å²) < 4.78 is 56.6. The van der Waals surface area contributed by atoms with Gasteiger partial charge < -0.3 is 5.32 Å². The van der Waals surface area contributed by atoms with Gasteiger partial charge in [-0.2, -0.15) is 9.03 Å². The lowest BCUT2D eigenvalue weighted by Gasteiger charge is -2.21. The number of sulfonamides is 2. The Hall–Kier alpha value is -3.05. The number of hydrogen-bond acceptors (Lipinski definition) is 5. The van der Waals surface area contributed by atoms with Gasteiger partial charge in [0.1, 0.15) is 6.04 Å². The van der Waals surface area contributed by atoms with Crippen LogP contribution in [0, 0.1) is 20.8 Å². The fraction of sp³-hybridized carbons (Fsp3) is 0.345. The molecular weight excluding hydrogens is 534 g/mol. The molecule has 0 saturated carbocycles. The lowest BCUT2D eigenvalue weighted by Crippen LogP contribution is -2.48. The maximum Gasteiger partial charge on any atom is 0.243 e. The van der Waals surface area contributed by atoms with Gasteiger partial charge in [-0.3, -0.25) is 4.79 Å². The van der Waals surface area contributed by atoms with Crippen molar-refractivity contribution in [2.75, 3.05) is 13.1 Å². The summed E-state index contributed by atoms with van der Waals surface area (Å²) in [5.41, 5.74) is 3.71. The third-order valence-corrected chi connectivity index (χ3v) is 10.6. The van der Waals surface area contributed by atoms with Gasteiger partial charge in [0.15, 0.2) is 0 Å². The number of carbonyl (C=O) groups excluding carboxylic acids is 1. The second-order valence-electron chi connectivity index (χ2n) is 10.1. The number of amides is 1. The summed E-state index contributed by atoms with van der Waals surface area (Å²) in [5, 5.41) is 2.82. The van der Waals surface area contributed by atoms with Crippen LogP contribution in [0.5, 0.6) is 0 Å². The van der Waals surface area contributed by atoms with E-state index in [9.17, 15) is 21.6 Å². The monoisotopic (exact) mass is 569 g/mol. The molecule has 4 rings (SSSR count). The van der Waals surface area contributed by atoms with Gasteiger partial charge in [0.05, 0.1) is 9.79 Å². The second-order valence-corrected chi connectivity index (χ2v) is 13.7. The van der Waals surface area contributed by atoms with Crippen molar-refractivity contribution >= 4 is 26.0 Å². The number of nitrogens with one attached hydrogen (secondary N) is 2. The molecule has 1 saturated heterocycles. The van der Waals surface area contributed by atoms with Crippen LogP contribution >= 0.6 is 0 Å². The van der Waals surface area contributed by atoms with E-state index in [4.69, 9.17) is 0 Å². The summed E-state index contributed by atoms with van der Waals surface area (Å²) in [6.07, 6.45) is 1.89. The normalized spacial score (nSPS) is 15.3. The average molecular weight is 570 g/mol. The van der Waals surface area contributed by atoms with Crippen LogP contribution in [0.25, 0.3) is 0 Å². The lowest BCUT2D eigenvalue weighted by molar-refractivity contribution is -0.122. The fourth-order valence-corrected chi connectivity index (χ4v) is 8.21. The van der Waals surface area contributed by atoms with Gasteiger partial charge >= 0.3 is 0 Å². The maximum atomic E-state index is 13.5. The van der Waals surface area contributed by atoms with Crippen LogP contribution in [-0.2, 0) is 37.8 Å². The van der Waals surface area contributed by atoms with Crippen LogP contribution in [0.15, 0.2) is 76.5 Å². The highest BCUT2D eigenvalue weighted by Gasteiger charge is 2.29. The molecule has 1 amide bonds. The van der Waals surface area contributed by atoms with Crippen molar-refractivity contribution in [1.29, 1.82) is 0 Å². The van der Waals surface area contributed by atoms with Crippen LogP contribution in [0.2, 0.25) is 0 Å². The zero-order valence-electron chi connectivity index (χ0n) is 22.5. The Balaban J connectivity index is 1.51. The van der Waals surface area contributed by atoms with Gasteiger partial charge in [-0.25, -0.2) is 16.8 Å². The standard InChI is InChI=1S/C29H35N3O5S2/c1-21-17-22(2)28(23(3)18-21)38(34,35)31-27(19-24-9-5-4-6-10-24)29(33)30-20-25-11-13-26(14-12-25)39(36,37)32-15-7-8-16-32/h4-6,9-14,17-18,27,31H,7-8,15-16,19-20H2,1-3H3,(H,30,33)/t27-/m1/s1. The third-order valence-electron chi connectivity index (χ3n) is 6.86. The minimum absolute atomic E-state index is 0.123. The molecule has 1 aliphatic rings. The first-order valence-electron chi connectivity index (χ1n) is 13.0. The van der Waals surface area contributed by atoms with Crippen molar-refractivity contribution in [3.8, 4) is 0 Å². The van der Waals surface area contributed by atoms with Crippen molar-refractivity contribution in [3.63, 3.8) is 0 Å². The molecule has 208 valence electrons. The number of aryl methyl sites for hydroxylation is 3. The Kier molecular flexibility index (Phi) is 8.90. The van der Waals surface area contributed by atoms with E-state index in [2.05, 4.69) is 10.0 Å². The first kappa shape index (κ1) is 28.9. The minimum atomic E-state index is -4.00. The molecule has 1 fully saturated rings. The van der Waals surface area contributed by atoms with Gasteiger partial charge in [-0.05, 0) is 74.4 Å². The molecular formula is C29H35N3O5S2. The molecule has 0 bridgehead atoms. The SMILES string of the molecule is Cc1cc(C)c(S(=O)(=O)N[C@H](Cc2ccccc2)C(=O)NCc2ccc(S(=O)(=O)N3CCCC3)cc2)c(C)c1. The molecule has 1 atom stereocenters. The predicted octanol–water partition coefficient (Wildman–Crippen LogP) is 3.60. The third kappa shape index (κ3) is 6.94. The van der Waals surface area contributed by atoms with Crippen molar-refractivity contribution < 1.29 is 21.6 Å². The Morgan fingerprint density at radius 1 is 0.846 bits per heavy atom. The zero-order chi connectivity index (χ0) is 28.2. The van der Waals surface area contributed by atoms with Crippen LogP contribution in [0.3, 0.4) is 0 Å². The lowest BCUT2D eigenvalue weighted by atomic mass is 10.1. The van der Waals surface area contributed by atoms with Gasteiger partial charge in [-0.1, -0.05) is 60.2 Å². The molecule has 0 aromatic heterocycles. The first-order chi connectivity index (χ1) is 18.5. The van der Waals surface area contributed by atoms with Crippen LogP contribution in [-0.4, -0.2) is 46.2 Å². The van der Waals surface area contributed by atoms with Crippen molar-refractivity contribution in [3.05, 3.63) is 94.5 Å². The van der Waals surface area contributed by atoms with Crippen molar-refractivity contribution in [2.24, 2.45) is 0 Å². The maximum absolute atomic E-state index is 13.5. The molecule has 0 aliphatic carbocycles. The largest absolute Gasteiger partial charge is 0.351 e. The van der Waals surface area contributed by atoms with E-state index in [0.29, 0.717) is 29.8 Å². The predicted molar refractivity (Wildman–Crippen MR) is 151 cm³/mol. The molecule has 10 heteroatoms. The number of carbonyl (C=O) groups is 1. The molecule has 3 aromatic carbocycles. The summed E-state index contributed by atoms with van der Waals surface area (Å²) >= 11 is 0. The summed E-state index contributed by atoms with van der Waals surface area (Å²) in [4.78, 5) is 13.7. The van der Waals surface area contributed by atoms with Crippen LogP contribution in [0.1, 0.15) is 40.7 Å². The van der Waals surface area contributed by atoms with E-state index >= 15 is 0 Å². The number of rotatable bonds is 10. The highest BCUT2D eigenvalue weighted by atomic mass is 32.2. The molecule has 3 aromatic rings. The summed E-state index contributed by atoms with van der Waals surface area (Å²) in [6.45, 7) is 6.58. The Bertz CT molecular complexity index is 1510. The molecule has 2 N–H and O–H groups in total. The van der Waals surface area contributed by atoms with E-state index in [1.54, 1.807) is 50.2 Å². The molecule has 0 unspecified atom stereocenters. The van der Waals surface area contributed by atoms with E-state index in [1.807, 2.05) is 37.3 Å². The van der Waals surface area contributed by atoms with E-state index < -0.39 is 32.0 Å². The molecule has 0 spiro atoms. The van der Waals surface area contributed by atoms with Gasteiger partial charge in [-0.15, -0.1) is 0 Å². The quantitative estimate of drug-likeness (QED) is 0.388. The van der Waals surface area contributed by atoms with E-state index in [0.717, 1.165) is 24.0 Å². The minimum Gasteiger partial charge on any atom is -0.351 e. The van der Waals surface area contributed by atoms with E-state index in [1.165, 1.54) is 4.31 Å². The van der Waals surface area contributed by atoms with Gasteiger partial charge in [0, 0.05) is 19.6 Å². The molecule has 0 radical (unpaired) electrons. The highest BCUT2D eigenvalue weighted by molar-refractivity contribution is 7.89. The topological polar surface area (TPSA) is 113 Å². The Labute approximate surface area is 231 Å². The molecule has 39 heavy (non-hydrogen) atoms. The van der Waals surface area contributed by atoms with E-state index in [-0.39, 0.29) is 22.8 Å². The zero-order valence-corrected chi connectivity index (χ0v) is 24.1. The smallest absolute Gasteiger partial charge is 0.243 e. The Morgan fingerprint density at radius 3 is 2.03 bits per heavy atom. The number of nitrogens with zero attached hydrogens (tertiary/aromatic N) is 1. The summed E-state index contributed by atoms with van der Waals surface area (Å²) in [6, 6.07) is 18.2.